The van der Waals surface area contributed by atoms with Gasteiger partial charge in [0.15, 0.2) is 0 Å². The maximum absolute atomic E-state index is 12.8. The van der Waals surface area contributed by atoms with Gasteiger partial charge in [-0.05, 0) is 49.2 Å². The minimum absolute atomic E-state index is 0.111. The number of fused-ring (bicyclic) bond motifs is 1. The highest BCUT2D eigenvalue weighted by Crippen LogP contribution is 2.26. The predicted molar refractivity (Wildman–Crippen MR) is 116 cm³/mol. The number of methoxy groups -OCH3 is 1. The van der Waals surface area contributed by atoms with E-state index in [0.29, 0.717) is 34.8 Å². The van der Waals surface area contributed by atoms with Gasteiger partial charge in [-0.25, -0.2) is 0 Å². The Bertz CT molecular complexity index is 1260. The van der Waals surface area contributed by atoms with Gasteiger partial charge in [0.05, 0.1) is 12.5 Å². The number of ether oxygens (including phenoxy) is 3. The van der Waals surface area contributed by atoms with Gasteiger partial charge in [-0.2, -0.15) is 0 Å². The van der Waals surface area contributed by atoms with Crippen molar-refractivity contribution in [3.63, 3.8) is 0 Å². The van der Waals surface area contributed by atoms with E-state index >= 15 is 0 Å². The Hall–Kier alpha value is -3.73. The van der Waals surface area contributed by atoms with Crippen LogP contribution in [0.25, 0.3) is 11.0 Å². The quantitative estimate of drug-likeness (QED) is 0.409. The Morgan fingerprint density at radius 3 is 2.57 bits per heavy atom. The van der Waals surface area contributed by atoms with Crippen LogP contribution in [-0.4, -0.2) is 7.11 Å². The first-order chi connectivity index (χ1) is 14.5. The Morgan fingerprint density at radius 2 is 1.73 bits per heavy atom. The second-order valence-electron chi connectivity index (χ2n) is 7.09. The Morgan fingerprint density at radius 1 is 0.900 bits per heavy atom. The lowest BCUT2D eigenvalue weighted by molar-refractivity contribution is 0.305. The molecule has 0 atom stereocenters. The van der Waals surface area contributed by atoms with E-state index < -0.39 is 0 Å². The summed E-state index contributed by atoms with van der Waals surface area (Å²) in [6.45, 7) is 4.56. The van der Waals surface area contributed by atoms with E-state index in [4.69, 9.17) is 18.6 Å². The van der Waals surface area contributed by atoms with E-state index in [1.165, 1.54) is 17.4 Å². The van der Waals surface area contributed by atoms with Gasteiger partial charge >= 0.3 is 0 Å². The fourth-order valence-corrected chi connectivity index (χ4v) is 3.16. The summed E-state index contributed by atoms with van der Waals surface area (Å²) < 4.78 is 22.5. The van der Waals surface area contributed by atoms with Crippen LogP contribution < -0.4 is 19.6 Å². The SMILES string of the molecule is COc1cccc(Oc2coc3cc(OCc4cc(C)ccc4C)ccc3c2=O)c1. The van der Waals surface area contributed by atoms with Crippen LogP contribution in [0.15, 0.2) is 76.1 Å². The van der Waals surface area contributed by atoms with E-state index in [2.05, 4.69) is 32.0 Å². The molecule has 1 aromatic heterocycles. The first-order valence-corrected chi connectivity index (χ1v) is 9.60. The molecule has 0 radical (unpaired) electrons. The standard InChI is InChI=1S/C25H22O5/c1-16-7-8-17(2)18(11-16)14-28-20-9-10-22-23(13-20)29-15-24(25(22)26)30-21-6-4-5-19(12-21)27-3/h4-13,15H,14H2,1-3H3. The van der Waals surface area contributed by atoms with Crippen molar-refractivity contribution in [2.75, 3.05) is 7.11 Å². The van der Waals surface area contributed by atoms with Crippen LogP contribution in [0.1, 0.15) is 16.7 Å². The van der Waals surface area contributed by atoms with Crippen molar-refractivity contribution in [1.82, 2.24) is 0 Å². The highest BCUT2D eigenvalue weighted by molar-refractivity contribution is 5.79. The van der Waals surface area contributed by atoms with Crippen LogP contribution in [0.3, 0.4) is 0 Å². The van der Waals surface area contributed by atoms with Crippen LogP contribution in [0.2, 0.25) is 0 Å². The average Bonchev–Trinajstić information content (AvgIpc) is 2.76. The molecule has 30 heavy (non-hydrogen) atoms. The molecule has 0 aliphatic heterocycles. The van der Waals surface area contributed by atoms with E-state index in [1.807, 2.05) is 0 Å². The van der Waals surface area contributed by atoms with Gasteiger partial charge in [-0.1, -0.05) is 29.8 Å². The lowest BCUT2D eigenvalue weighted by atomic mass is 10.1. The van der Waals surface area contributed by atoms with Gasteiger partial charge in [-0.3, -0.25) is 4.79 Å². The van der Waals surface area contributed by atoms with Crippen LogP contribution in [-0.2, 0) is 6.61 Å². The Kier molecular flexibility index (Phi) is 5.44. The van der Waals surface area contributed by atoms with Crippen LogP contribution >= 0.6 is 0 Å². The van der Waals surface area contributed by atoms with E-state index in [0.717, 1.165) is 5.56 Å². The third-order valence-electron chi connectivity index (χ3n) is 4.88. The Labute approximate surface area is 174 Å². The summed E-state index contributed by atoms with van der Waals surface area (Å²) in [7, 11) is 1.57. The van der Waals surface area contributed by atoms with Gasteiger partial charge in [0.2, 0.25) is 11.2 Å². The van der Waals surface area contributed by atoms with Gasteiger partial charge in [0.25, 0.3) is 0 Å². The minimum atomic E-state index is -0.250. The molecule has 0 N–H and O–H groups in total. The molecule has 0 aliphatic rings. The van der Waals surface area contributed by atoms with E-state index in [-0.39, 0.29) is 11.2 Å². The normalized spacial score (nSPS) is 10.8. The minimum Gasteiger partial charge on any atom is -0.497 e. The molecular weight excluding hydrogens is 380 g/mol. The zero-order valence-electron chi connectivity index (χ0n) is 17.1. The molecule has 5 heteroatoms. The molecule has 0 spiro atoms. The molecular formula is C25H22O5. The van der Waals surface area contributed by atoms with E-state index in [9.17, 15) is 4.79 Å². The zero-order valence-corrected chi connectivity index (χ0v) is 17.1. The summed E-state index contributed by atoms with van der Waals surface area (Å²) in [6, 6.07) is 18.5. The summed E-state index contributed by atoms with van der Waals surface area (Å²) in [5, 5.41) is 0.425. The van der Waals surface area contributed by atoms with Crippen molar-refractivity contribution >= 4 is 11.0 Å². The molecule has 0 saturated heterocycles. The third kappa shape index (κ3) is 4.15. The van der Waals surface area contributed by atoms with Gasteiger partial charge in [0.1, 0.15) is 35.7 Å². The monoisotopic (exact) mass is 402 g/mol. The summed E-state index contributed by atoms with van der Waals surface area (Å²) in [6.07, 6.45) is 1.32. The maximum Gasteiger partial charge on any atom is 0.235 e. The molecule has 0 aliphatic carbocycles. The number of rotatable bonds is 6. The molecule has 0 bridgehead atoms. The molecule has 5 nitrogen and oxygen atoms in total. The summed E-state index contributed by atoms with van der Waals surface area (Å²) in [5.41, 5.74) is 3.68. The van der Waals surface area contributed by atoms with Crippen LogP contribution in [0.5, 0.6) is 23.0 Å². The second kappa shape index (κ2) is 8.33. The van der Waals surface area contributed by atoms with Crippen LogP contribution in [0.4, 0.5) is 0 Å². The third-order valence-corrected chi connectivity index (χ3v) is 4.88. The van der Waals surface area contributed by atoms with E-state index in [1.54, 1.807) is 49.6 Å². The average molecular weight is 402 g/mol. The van der Waals surface area contributed by atoms with Crippen molar-refractivity contribution in [1.29, 1.82) is 0 Å². The van der Waals surface area contributed by atoms with Gasteiger partial charge in [0, 0.05) is 12.1 Å². The van der Waals surface area contributed by atoms with Crippen molar-refractivity contribution < 1.29 is 18.6 Å². The van der Waals surface area contributed by atoms with Crippen molar-refractivity contribution in [2.45, 2.75) is 20.5 Å². The lowest BCUT2D eigenvalue weighted by Gasteiger charge is -2.10. The largest absolute Gasteiger partial charge is 0.497 e. The summed E-state index contributed by atoms with van der Waals surface area (Å²) in [4.78, 5) is 12.8. The fraction of sp³-hybridized carbons (Fsp3) is 0.160. The summed E-state index contributed by atoms with van der Waals surface area (Å²) in [5.74, 6) is 1.88. The molecule has 0 unspecified atom stereocenters. The number of benzene rings is 3. The van der Waals surface area contributed by atoms with Crippen LogP contribution in [0, 0.1) is 13.8 Å². The number of aryl methyl sites for hydroxylation is 2. The number of hydrogen-bond acceptors (Lipinski definition) is 5. The van der Waals surface area contributed by atoms with Crippen molar-refractivity contribution in [3.05, 3.63) is 93.8 Å². The fourth-order valence-electron chi connectivity index (χ4n) is 3.16. The topological polar surface area (TPSA) is 57.9 Å². The first-order valence-electron chi connectivity index (χ1n) is 9.60. The van der Waals surface area contributed by atoms with Crippen molar-refractivity contribution in [2.24, 2.45) is 0 Å². The summed E-state index contributed by atoms with van der Waals surface area (Å²) >= 11 is 0. The lowest BCUT2D eigenvalue weighted by Crippen LogP contribution is -2.05. The highest BCUT2D eigenvalue weighted by Gasteiger charge is 2.11. The van der Waals surface area contributed by atoms with Gasteiger partial charge < -0.3 is 18.6 Å². The highest BCUT2D eigenvalue weighted by atomic mass is 16.5. The molecule has 1 heterocycles. The second-order valence-corrected chi connectivity index (χ2v) is 7.09. The van der Waals surface area contributed by atoms with Crippen molar-refractivity contribution in [3.8, 4) is 23.0 Å². The Balaban J connectivity index is 1.56. The number of hydrogen-bond donors (Lipinski definition) is 0. The van der Waals surface area contributed by atoms with Gasteiger partial charge in [-0.15, -0.1) is 0 Å². The molecule has 152 valence electrons. The molecule has 3 aromatic carbocycles. The molecule has 4 aromatic rings. The zero-order chi connectivity index (χ0) is 21.1. The first kappa shape index (κ1) is 19.6. The molecule has 0 amide bonds. The molecule has 0 saturated carbocycles. The molecule has 4 rings (SSSR count). The predicted octanol–water partition coefficient (Wildman–Crippen LogP) is 5.79. The molecule has 0 fully saturated rings. The smallest absolute Gasteiger partial charge is 0.235 e. The maximum atomic E-state index is 12.8.